The average Bonchev–Trinajstić information content (AvgIpc) is 2.79. The predicted molar refractivity (Wildman–Crippen MR) is 129 cm³/mol. The van der Waals surface area contributed by atoms with Gasteiger partial charge in [-0.05, 0) is 55.3 Å². The third-order valence-electron chi connectivity index (χ3n) is 5.73. The molecule has 0 saturated heterocycles. The molecule has 0 saturated carbocycles. The lowest BCUT2D eigenvalue weighted by Crippen LogP contribution is -2.38. The summed E-state index contributed by atoms with van der Waals surface area (Å²) < 4.78 is 56.0. The first-order chi connectivity index (χ1) is 15.6. The normalized spacial score (nSPS) is 14.2. The molecular formula is C25H26N2O4S2. The number of hydrogen-bond acceptors (Lipinski definition) is 4. The number of rotatable bonds is 6. The fourth-order valence-corrected chi connectivity index (χ4v) is 6.34. The summed E-state index contributed by atoms with van der Waals surface area (Å²) in [7, 11) is -6.22. The van der Waals surface area contributed by atoms with Gasteiger partial charge in [0.15, 0.2) is 0 Å². The highest BCUT2D eigenvalue weighted by molar-refractivity contribution is 7.89. The van der Waals surface area contributed by atoms with E-state index in [1.54, 1.807) is 54.6 Å². The number of nitrogens with zero attached hydrogens (tertiary/aromatic N) is 2. The molecule has 0 amide bonds. The predicted octanol–water partition coefficient (Wildman–Crippen LogP) is 4.17. The maximum Gasteiger partial charge on any atom is 0.264 e. The second-order valence-corrected chi connectivity index (χ2v) is 12.1. The van der Waals surface area contributed by atoms with Crippen LogP contribution >= 0.6 is 0 Å². The Bertz CT molecular complexity index is 1410. The lowest BCUT2D eigenvalue weighted by molar-refractivity contribution is 0.420. The summed E-state index contributed by atoms with van der Waals surface area (Å²) >= 11 is 0. The summed E-state index contributed by atoms with van der Waals surface area (Å²) in [6.45, 7) is 3.83. The van der Waals surface area contributed by atoms with E-state index < -0.39 is 20.0 Å². The Morgan fingerprint density at radius 3 is 1.94 bits per heavy atom. The van der Waals surface area contributed by atoms with E-state index in [9.17, 15) is 16.8 Å². The van der Waals surface area contributed by atoms with Gasteiger partial charge in [-0.1, -0.05) is 59.7 Å². The van der Waals surface area contributed by atoms with Crippen molar-refractivity contribution in [3.8, 4) is 0 Å². The van der Waals surface area contributed by atoms with Crippen LogP contribution in [0.3, 0.4) is 0 Å². The Kier molecular flexibility index (Phi) is 6.18. The zero-order chi connectivity index (χ0) is 23.8. The Morgan fingerprint density at radius 1 is 0.788 bits per heavy atom. The van der Waals surface area contributed by atoms with Crippen molar-refractivity contribution in [3.63, 3.8) is 0 Å². The minimum Gasteiger partial charge on any atom is -0.264 e. The summed E-state index contributed by atoms with van der Waals surface area (Å²) in [5, 5.41) is 0. The third kappa shape index (κ3) is 4.59. The molecule has 0 spiro atoms. The smallest absolute Gasteiger partial charge is 0.264 e. The molecule has 6 nitrogen and oxygen atoms in total. The highest BCUT2D eigenvalue weighted by atomic mass is 32.2. The molecule has 0 atom stereocenters. The minimum absolute atomic E-state index is 0.0877. The average molecular weight is 483 g/mol. The maximum absolute atomic E-state index is 13.6. The Morgan fingerprint density at radius 2 is 1.33 bits per heavy atom. The van der Waals surface area contributed by atoms with Gasteiger partial charge in [-0.2, -0.15) is 4.31 Å². The molecule has 1 aliphatic heterocycles. The number of fused-ring (bicyclic) bond motifs is 1. The van der Waals surface area contributed by atoms with E-state index in [1.807, 2.05) is 38.1 Å². The zero-order valence-corrected chi connectivity index (χ0v) is 20.4. The number of aryl methyl sites for hydroxylation is 2. The van der Waals surface area contributed by atoms with Gasteiger partial charge in [0.05, 0.1) is 22.9 Å². The van der Waals surface area contributed by atoms with Crippen LogP contribution in [-0.2, 0) is 26.6 Å². The van der Waals surface area contributed by atoms with Gasteiger partial charge < -0.3 is 0 Å². The standard InChI is InChI=1S/C25H26N2O4S2/c1-19-8-12-24(13-9-19)32(28,29)26(3)18-23-16-21-6-4-5-7-22(21)17-27(23)33(30,31)25-14-10-20(2)11-15-25/h4-16H,17-18H2,1-3H3. The molecule has 172 valence electrons. The van der Waals surface area contributed by atoms with Crippen molar-refractivity contribution < 1.29 is 16.8 Å². The van der Waals surface area contributed by atoms with Crippen molar-refractivity contribution in [3.05, 3.63) is 101 Å². The summed E-state index contributed by atoms with van der Waals surface area (Å²) in [5.41, 5.74) is 4.05. The van der Waals surface area contributed by atoms with Crippen LogP contribution in [0.15, 0.2) is 88.3 Å². The lowest BCUT2D eigenvalue weighted by atomic mass is 10.0. The molecule has 1 heterocycles. The van der Waals surface area contributed by atoms with Crippen LogP contribution in [0.4, 0.5) is 0 Å². The van der Waals surface area contributed by atoms with E-state index in [0.29, 0.717) is 5.70 Å². The molecule has 1 aliphatic rings. The quantitative estimate of drug-likeness (QED) is 0.529. The molecule has 0 aromatic heterocycles. The molecule has 3 aromatic rings. The fourth-order valence-electron chi connectivity index (χ4n) is 3.73. The highest BCUT2D eigenvalue weighted by Gasteiger charge is 2.32. The summed E-state index contributed by atoms with van der Waals surface area (Å²) in [5.74, 6) is 0. The first kappa shape index (κ1) is 23.2. The first-order valence-electron chi connectivity index (χ1n) is 10.5. The maximum atomic E-state index is 13.6. The van der Waals surface area contributed by atoms with Gasteiger partial charge >= 0.3 is 0 Å². The Labute approximate surface area is 195 Å². The summed E-state index contributed by atoms with van der Waals surface area (Å²) in [6.07, 6.45) is 1.76. The molecule has 0 bridgehead atoms. The van der Waals surface area contributed by atoms with Crippen LogP contribution in [-0.4, -0.2) is 39.0 Å². The molecular weight excluding hydrogens is 456 g/mol. The van der Waals surface area contributed by atoms with Crippen LogP contribution in [0.25, 0.3) is 6.08 Å². The van der Waals surface area contributed by atoms with Crippen molar-refractivity contribution >= 4 is 26.1 Å². The van der Waals surface area contributed by atoms with Gasteiger partial charge in [-0.15, -0.1) is 0 Å². The SMILES string of the molecule is Cc1ccc(S(=O)(=O)N(C)CC2=Cc3ccccc3CN2S(=O)(=O)c2ccc(C)cc2)cc1. The van der Waals surface area contributed by atoms with Crippen LogP contribution < -0.4 is 0 Å². The van der Waals surface area contributed by atoms with Crippen molar-refractivity contribution in [2.24, 2.45) is 0 Å². The van der Waals surface area contributed by atoms with Crippen molar-refractivity contribution in [2.45, 2.75) is 30.2 Å². The van der Waals surface area contributed by atoms with Gasteiger partial charge in [0, 0.05) is 12.7 Å². The fraction of sp³-hybridized carbons (Fsp3) is 0.200. The first-order valence-corrected chi connectivity index (χ1v) is 13.4. The number of sulfonamides is 2. The second kappa shape index (κ2) is 8.78. The van der Waals surface area contributed by atoms with E-state index in [1.165, 1.54) is 15.7 Å². The van der Waals surface area contributed by atoms with Gasteiger partial charge in [0.1, 0.15) is 0 Å². The van der Waals surface area contributed by atoms with Gasteiger partial charge in [0.25, 0.3) is 10.0 Å². The topological polar surface area (TPSA) is 74.8 Å². The molecule has 4 rings (SSSR count). The minimum atomic E-state index is -3.89. The van der Waals surface area contributed by atoms with Crippen LogP contribution in [0.5, 0.6) is 0 Å². The third-order valence-corrected chi connectivity index (χ3v) is 9.36. The second-order valence-electron chi connectivity index (χ2n) is 8.23. The Hall–Kier alpha value is -2.94. The van der Waals surface area contributed by atoms with Crippen molar-refractivity contribution in [2.75, 3.05) is 13.6 Å². The molecule has 3 aromatic carbocycles. The molecule has 0 unspecified atom stereocenters. The molecule has 0 fully saturated rings. The summed E-state index contributed by atoms with van der Waals surface area (Å²) in [4.78, 5) is 0.336. The van der Waals surface area contributed by atoms with Crippen molar-refractivity contribution in [1.82, 2.24) is 8.61 Å². The molecule has 33 heavy (non-hydrogen) atoms. The largest absolute Gasteiger partial charge is 0.264 e. The van der Waals surface area contributed by atoms with Gasteiger partial charge in [-0.25, -0.2) is 16.8 Å². The van der Waals surface area contributed by atoms with Crippen LogP contribution in [0.2, 0.25) is 0 Å². The Balaban J connectivity index is 1.73. The zero-order valence-electron chi connectivity index (χ0n) is 18.8. The summed E-state index contributed by atoms with van der Waals surface area (Å²) in [6, 6.07) is 20.8. The molecule has 0 radical (unpaired) electrons. The van der Waals surface area contributed by atoms with E-state index in [4.69, 9.17) is 0 Å². The molecule has 0 N–H and O–H groups in total. The molecule has 8 heteroatoms. The molecule has 0 aliphatic carbocycles. The highest BCUT2D eigenvalue weighted by Crippen LogP contribution is 2.31. The van der Waals surface area contributed by atoms with E-state index in [-0.39, 0.29) is 22.9 Å². The van der Waals surface area contributed by atoms with E-state index >= 15 is 0 Å². The number of likely N-dealkylation sites (N-methyl/N-ethyl adjacent to an activating group) is 1. The van der Waals surface area contributed by atoms with Crippen molar-refractivity contribution in [1.29, 1.82) is 0 Å². The van der Waals surface area contributed by atoms with E-state index in [2.05, 4.69) is 0 Å². The number of benzene rings is 3. The van der Waals surface area contributed by atoms with E-state index in [0.717, 1.165) is 22.3 Å². The van der Waals surface area contributed by atoms with Gasteiger partial charge in [-0.3, -0.25) is 4.31 Å². The number of hydrogen-bond donors (Lipinski definition) is 0. The van der Waals surface area contributed by atoms with Crippen LogP contribution in [0, 0.1) is 13.8 Å². The monoisotopic (exact) mass is 482 g/mol. The van der Waals surface area contributed by atoms with Gasteiger partial charge in [0.2, 0.25) is 10.0 Å². The van der Waals surface area contributed by atoms with Crippen LogP contribution in [0.1, 0.15) is 22.3 Å². The lowest BCUT2D eigenvalue weighted by Gasteiger charge is -2.33.